The number of guanidine groups is 1. The lowest BCUT2D eigenvalue weighted by Crippen LogP contribution is -2.47. The summed E-state index contributed by atoms with van der Waals surface area (Å²) in [4.78, 5) is 9.24. The summed E-state index contributed by atoms with van der Waals surface area (Å²) in [5.41, 5.74) is 8.27. The Kier molecular flexibility index (Phi) is 7.28. The van der Waals surface area contributed by atoms with Crippen LogP contribution in [0.1, 0.15) is 24.9 Å². The second-order valence-electron chi connectivity index (χ2n) is 6.66. The van der Waals surface area contributed by atoms with Crippen molar-refractivity contribution < 1.29 is 0 Å². The highest BCUT2D eigenvalue weighted by Gasteiger charge is 2.25. The lowest BCUT2D eigenvalue weighted by Gasteiger charge is -2.40. The fraction of sp³-hybridized carbons (Fsp3) is 0.526. The van der Waals surface area contributed by atoms with E-state index in [9.17, 15) is 0 Å². The molecule has 0 bridgehead atoms. The maximum atomic E-state index is 5.86. The molecule has 1 atom stereocenters. The van der Waals surface area contributed by atoms with Gasteiger partial charge in [0.05, 0.1) is 6.54 Å². The van der Waals surface area contributed by atoms with Gasteiger partial charge in [-0.15, -0.1) is 0 Å². The van der Waals surface area contributed by atoms with E-state index in [1.165, 1.54) is 5.56 Å². The third kappa shape index (κ3) is 5.98. The second-order valence-corrected chi connectivity index (χ2v) is 6.66. The maximum Gasteiger partial charge on any atom is 0.188 e. The van der Waals surface area contributed by atoms with E-state index < -0.39 is 0 Å². The zero-order chi connectivity index (χ0) is 17.4. The first-order chi connectivity index (χ1) is 11.6. The van der Waals surface area contributed by atoms with Gasteiger partial charge >= 0.3 is 0 Å². The van der Waals surface area contributed by atoms with E-state index in [-0.39, 0.29) is 0 Å². The van der Waals surface area contributed by atoms with Gasteiger partial charge in [-0.3, -0.25) is 4.90 Å². The minimum Gasteiger partial charge on any atom is -0.370 e. The number of nitrogens with one attached hydrogen (secondary N) is 1. The average Bonchev–Trinajstić information content (AvgIpc) is 2.58. The van der Waals surface area contributed by atoms with Gasteiger partial charge in [-0.2, -0.15) is 0 Å². The molecule has 5 nitrogen and oxygen atoms in total. The highest BCUT2D eigenvalue weighted by Crippen LogP contribution is 2.24. The quantitative estimate of drug-likeness (QED) is 0.347. The summed E-state index contributed by atoms with van der Waals surface area (Å²) < 4.78 is 0. The number of hydrogen-bond donors (Lipinski definition) is 2. The molecule has 0 aromatic heterocycles. The Hall–Kier alpha value is -1.85. The Labute approximate surface area is 146 Å². The highest BCUT2D eigenvalue weighted by atomic mass is 15.3. The predicted octanol–water partition coefficient (Wildman–Crippen LogP) is 1.85. The minimum absolute atomic E-state index is 0.472. The van der Waals surface area contributed by atoms with Crippen molar-refractivity contribution >= 4 is 5.96 Å². The first kappa shape index (κ1) is 18.5. The van der Waals surface area contributed by atoms with Crippen LogP contribution in [0.15, 0.2) is 47.5 Å². The molecule has 1 aromatic carbocycles. The molecule has 132 valence electrons. The highest BCUT2D eigenvalue weighted by molar-refractivity contribution is 5.77. The van der Waals surface area contributed by atoms with Crippen molar-refractivity contribution in [1.82, 2.24) is 15.1 Å². The molecule has 0 spiro atoms. The van der Waals surface area contributed by atoms with Crippen molar-refractivity contribution in [2.24, 2.45) is 10.7 Å². The van der Waals surface area contributed by atoms with E-state index in [0.29, 0.717) is 18.5 Å². The molecule has 1 fully saturated rings. The zero-order valence-electron chi connectivity index (χ0n) is 15.0. The van der Waals surface area contributed by atoms with E-state index in [4.69, 9.17) is 5.73 Å². The number of piperazine rings is 1. The van der Waals surface area contributed by atoms with Crippen molar-refractivity contribution in [3.63, 3.8) is 0 Å². The molecule has 0 aliphatic carbocycles. The lowest BCUT2D eigenvalue weighted by atomic mass is 10.0. The van der Waals surface area contributed by atoms with E-state index in [2.05, 4.69) is 64.1 Å². The van der Waals surface area contributed by atoms with Crippen LogP contribution in [0.4, 0.5) is 0 Å². The predicted molar refractivity (Wildman–Crippen MR) is 102 cm³/mol. The van der Waals surface area contributed by atoms with Gasteiger partial charge < -0.3 is 16.0 Å². The van der Waals surface area contributed by atoms with E-state index in [0.717, 1.165) is 44.7 Å². The van der Waals surface area contributed by atoms with E-state index in [1.807, 2.05) is 6.92 Å². The summed E-state index contributed by atoms with van der Waals surface area (Å²) in [5.74, 6) is 0.510. The van der Waals surface area contributed by atoms with Gasteiger partial charge in [0, 0.05) is 38.8 Å². The van der Waals surface area contributed by atoms with Gasteiger partial charge in [-0.25, -0.2) is 4.99 Å². The Morgan fingerprint density at radius 1 is 1.33 bits per heavy atom. The SMILES string of the molecule is C=C(C)CN=C(N)NCCCN1CCN(C)CC1c1ccccc1. The Bertz CT molecular complexity index is 540. The molecular formula is C19H31N5. The molecule has 3 N–H and O–H groups in total. The topological polar surface area (TPSA) is 56.9 Å². The van der Waals surface area contributed by atoms with Gasteiger partial charge in [0.1, 0.15) is 0 Å². The minimum atomic E-state index is 0.472. The van der Waals surface area contributed by atoms with Crippen LogP contribution >= 0.6 is 0 Å². The number of rotatable bonds is 7. The van der Waals surface area contributed by atoms with Crippen molar-refractivity contribution in [3.8, 4) is 0 Å². The van der Waals surface area contributed by atoms with Crippen LogP contribution < -0.4 is 11.1 Å². The normalized spacial score (nSPS) is 20.1. The molecule has 0 radical (unpaired) electrons. The first-order valence-corrected chi connectivity index (χ1v) is 8.72. The van der Waals surface area contributed by atoms with Gasteiger partial charge in [0.25, 0.3) is 0 Å². The van der Waals surface area contributed by atoms with Gasteiger partial charge in [0.15, 0.2) is 5.96 Å². The van der Waals surface area contributed by atoms with E-state index >= 15 is 0 Å². The molecule has 1 aliphatic heterocycles. The molecule has 24 heavy (non-hydrogen) atoms. The van der Waals surface area contributed by atoms with Crippen molar-refractivity contribution in [2.75, 3.05) is 46.3 Å². The standard InChI is InChI=1S/C19H31N5/c1-16(2)14-22-19(20)21-10-7-11-24-13-12-23(3)15-18(24)17-8-5-4-6-9-17/h4-6,8-9,18H,1,7,10-15H2,2-3H3,(H3,20,21,22). The number of aliphatic imine (C=N–C) groups is 1. The van der Waals surface area contributed by atoms with E-state index in [1.54, 1.807) is 0 Å². The summed E-state index contributed by atoms with van der Waals surface area (Å²) >= 11 is 0. The summed E-state index contributed by atoms with van der Waals surface area (Å²) in [6.07, 6.45) is 1.05. The van der Waals surface area contributed by atoms with Crippen LogP contribution in [0.25, 0.3) is 0 Å². The van der Waals surface area contributed by atoms with Gasteiger partial charge in [-0.1, -0.05) is 42.5 Å². The number of benzene rings is 1. The van der Waals surface area contributed by atoms with Gasteiger partial charge in [0.2, 0.25) is 0 Å². The molecule has 2 rings (SSSR count). The molecular weight excluding hydrogens is 298 g/mol. The molecule has 5 heteroatoms. The first-order valence-electron chi connectivity index (χ1n) is 8.72. The van der Waals surface area contributed by atoms with Crippen molar-refractivity contribution in [3.05, 3.63) is 48.0 Å². The van der Waals surface area contributed by atoms with Crippen LogP contribution in [0, 0.1) is 0 Å². The zero-order valence-corrected chi connectivity index (χ0v) is 15.0. The molecule has 1 aromatic rings. The monoisotopic (exact) mass is 329 g/mol. The molecule has 1 unspecified atom stereocenters. The number of nitrogens with two attached hydrogens (primary N) is 1. The Morgan fingerprint density at radius 3 is 2.79 bits per heavy atom. The summed E-state index contributed by atoms with van der Waals surface area (Å²) in [7, 11) is 2.20. The van der Waals surface area contributed by atoms with Crippen LogP contribution in [0.5, 0.6) is 0 Å². The fourth-order valence-corrected chi connectivity index (χ4v) is 2.99. The fourth-order valence-electron chi connectivity index (χ4n) is 2.99. The summed E-state index contributed by atoms with van der Waals surface area (Å²) in [5, 5.41) is 3.19. The summed E-state index contributed by atoms with van der Waals surface area (Å²) in [6.45, 7) is 11.6. The van der Waals surface area contributed by atoms with Crippen molar-refractivity contribution in [1.29, 1.82) is 0 Å². The Balaban J connectivity index is 1.81. The van der Waals surface area contributed by atoms with Gasteiger partial charge in [-0.05, 0) is 26.0 Å². The van der Waals surface area contributed by atoms with Crippen LogP contribution in [0.2, 0.25) is 0 Å². The van der Waals surface area contributed by atoms with Crippen molar-refractivity contribution in [2.45, 2.75) is 19.4 Å². The third-order valence-corrected chi connectivity index (χ3v) is 4.33. The molecule has 1 heterocycles. The third-order valence-electron chi connectivity index (χ3n) is 4.33. The largest absolute Gasteiger partial charge is 0.370 e. The Morgan fingerprint density at radius 2 is 2.08 bits per heavy atom. The molecule has 0 amide bonds. The van der Waals surface area contributed by atoms with Crippen LogP contribution in [-0.4, -0.2) is 62.1 Å². The summed E-state index contributed by atoms with van der Waals surface area (Å²) in [6, 6.07) is 11.3. The average molecular weight is 329 g/mol. The van der Waals surface area contributed by atoms with Crippen LogP contribution in [-0.2, 0) is 0 Å². The molecule has 1 saturated heterocycles. The molecule has 1 aliphatic rings. The smallest absolute Gasteiger partial charge is 0.188 e. The van der Waals surface area contributed by atoms with Crippen LogP contribution in [0.3, 0.4) is 0 Å². The molecule has 0 saturated carbocycles. The number of likely N-dealkylation sites (N-methyl/N-ethyl adjacent to an activating group) is 1. The number of nitrogens with zero attached hydrogens (tertiary/aromatic N) is 3. The lowest BCUT2D eigenvalue weighted by molar-refractivity contribution is 0.0891. The number of hydrogen-bond acceptors (Lipinski definition) is 3. The second kappa shape index (κ2) is 9.45. The maximum absolute atomic E-state index is 5.86.